The Kier molecular flexibility index (Phi) is 3.63. The lowest BCUT2D eigenvalue weighted by Crippen LogP contribution is -2.38. The summed E-state index contributed by atoms with van der Waals surface area (Å²) in [6.07, 6.45) is 1.75. The van der Waals surface area contributed by atoms with Gasteiger partial charge < -0.3 is 9.30 Å². The van der Waals surface area contributed by atoms with E-state index in [9.17, 15) is 0 Å². The molecule has 0 radical (unpaired) electrons. The van der Waals surface area contributed by atoms with Crippen molar-refractivity contribution in [1.29, 1.82) is 0 Å². The Morgan fingerprint density at radius 1 is 1.47 bits per heavy atom. The van der Waals surface area contributed by atoms with Gasteiger partial charge in [-0.1, -0.05) is 0 Å². The van der Waals surface area contributed by atoms with E-state index in [1.54, 1.807) is 6.33 Å². The second kappa shape index (κ2) is 5.40. The van der Waals surface area contributed by atoms with Crippen LogP contribution < -0.4 is 0 Å². The summed E-state index contributed by atoms with van der Waals surface area (Å²) in [5.41, 5.74) is 0. The molecule has 1 unspecified atom stereocenters. The summed E-state index contributed by atoms with van der Waals surface area (Å²) >= 11 is 1.87. The lowest BCUT2D eigenvalue weighted by atomic mass is 10.2. The van der Waals surface area contributed by atoms with Crippen LogP contribution >= 0.6 is 11.3 Å². The molecule has 6 heteroatoms. The first-order valence-electron chi connectivity index (χ1n) is 6.45. The number of hydrogen-bond acceptors (Lipinski definition) is 5. The molecule has 1 fully saturated rings. The first-order chi connectivity index (χ1) is 9.22. The molecule has 5 nitrogen and oxygen atoms in total. The number of aryl methyl sites for hydroxylation is 2. The molecule has 0 spiro atoms. The van der Waals surface area contributed by atoms with Crippen molar-refractivity contribution in [3.05, 3.63) is 34.0 Å². The highest BCUT2D eigenvalue weighted by Gasteiger charge is 2.25. The Bertz CT molecular complexity index is 550. The van der Waals surface area contributed by atoms with E-state index in [-0.39, 0.29) is 6.10 Å². The predicted molar refractivity (Wildman–Crippen MR) is 74.0 cm³/mol. The Balaban J connectivity index is 1.66. The summed E-state index contributed by atoms with van der Waals surface area (Å²) in [6.45, 7) is 5.75. The molecule has 2 aromatic rings. The van der Waals surface area contributed by atoms with Crippen molar-refractivity contribution in [1.82, 2.24) is 19.7 Å². The molecule has 1 aliphatic rings. The monoisotopic (exact) mass is 278 g/mol. The van der Waals surface area contributed by atoms with Crippen molar-refractivity contribution in [2.75, 3.05) is 19.7 Å². The lowest BCUT2D eigenvalue weighted by Gasteiger charge is -2.31. The maximum atomic E-state index is 5.81. The molecule has 102 valence electrons. The summed E-state index contributed by atoms with van der Waals surface area (Å²) in [4.78, 5) is 5.21. The van der Waals surface area contributed by atoms with Gasteiger partial charge in [-0.3, -0.25) is 4.90 Å². The van der Waals surface area contributed by atoms with Gasteiger partial charge in [0.1, 0.15) is 12.4 Å². The minimum Gasteiger partial charge on any atom is -0.368 e. The predicted octanol–water partition coefficient (Wildman–Crippen LogP) is 1.76. The van der Waals surface area contributed by atoms with E-state index >= 15 is 0 Å². The van der Waals surface area contributed by atoms with E-state index in [0.29, 0.717) is 0 Å². The smallest absolute Gasteiger partial charge is 0.163 e. The van der Waals surface area contributed by atoms with Gasteiger partial charge in [-0.05, 0) is 19.1 Å². The molecular formula is C13H18N4OS. The maximum absolute atomic E-state index is 5.81. The van der Waals surface area contributed by atoms with Gasteiger partial charge in [0, 0.05) is 36.4 Å². The zero-order valence-corrected chi connectivity index (χ0v) is 12.1. The molecule has 0 aromatic carbocycles. The molecule has 0 bridgehead atoms. The van der Waals surface area contributed by atoms with Gasteiger partial charge in [0.05, 0.1) is 6.61 Å². The third-order valence-electron chi connectivity index (χ3n) is 3.36. The van der Waals surface area contributed by atoms with E-state index in [1.807, 2.05) is 23.0 Å². The SMILES string of the molecule is Cc1ccc(CN2CCOC(c3nncn3C)C2)s1. The van der Waals surface area contributed by atoms with Gasteiger partial charge in [0.2, 0.25) is 0 Å². The second-order valence-electron chi connectivity index (χ2n) is 4.91. The molecule has 3 rings (SSSR count). The van der Waals surface area contributed by atoms with E-state index < -0.39 is 0 Å². The summed E-state index contributed by atoms with van der Waals surface area (Å²) in [5.74, 6) is 0.909. The highest BCUT2D eigenvalue weighted by atomic mass is 32.1. The van der Waals surface area contributed by atoms with Crippen molar-refractivity contribution in [2.45, 2.75) is 19.6 Å². The fraction of sp³-hybridized carbons (Fsp3) is 0.538. The molecule has 3 heterocycles. The third-order valence-corrected chi connectivity index (χ3v) is 4.35. The maximum Gasteiger partial charge on any atom is 0.163 e. The van der Waals surface area contributed by atoms with Crippen LogP contribution in [-0.4, -0.2) is 39.4 Å². The van der Waals surface area contributed by atoms with E-state index in [4.69, 9.17) is 4.74 Å². The van der Waals surface area contributed by atoms with Crippen molar-refractivity contribution in [3.63, 3.8) is 0 Å². The average molecular weight is 278 g/mol. The number of ether oxygens (including phenoxy) is 1. The zero-order chi connectivity index (χ0) is 13.2. The summed E-state index contributed by atoms with van der Waals surface area (Å²) in [7, 11) is 1.96. The van der Waals surface area contributed by atoms with Crippen LogP contribution in [0.2, 0.25) is 0 Å². The number of aromatic nitrogens is 3. The third kappa shape index (κ3) is 2.86. The Morgan fingerprint density at radius 3 is 3.05 bits per heavy atom. The van der Waals surface area contributed by atoms with E-state index in [0.717, 1.165) is 32.1 Å². The van der Waals surface area contributed by atoms with Crippen LogP contribution in [0.15, 0.2) is 18.5 Å². The second-order valence-corrected chi connectivity index (χ2v) is 6.28. The highest BCUT2D eigenvalue weighted by molar-refractivity contribution is 7.11. The van der Waals surface area contributed by atoms with E-state index in [2.05, 4.69) is 34.2 Å². The minimum atomic E-state index is 0.0299. The van der Waals surface area contributed by atoms with Crippen molar-refractivity contribution < 1.29 is 4.74 Å². The molecular weight excluding hydrogens is 260 g/mol. The molecule has 0 saturated carbocycles. The van der Waals surface area contributed by atoms with Gasteiger partial charge in [0.25, 0.3) is 0 Å². The van der Waals surface area contributed by atoms with Crippen LogP contribution in [0.3, 0.4) is 0 Å². The summed E-state index contributed by atoms with van der Waals surface area (Å²) < 4.78 is 7.75. The molecule has 1 atom stereocenters. The van der Waals surface area contributed by atoms with Crippen LogP contribution in [0.4, 0.5) is 0 Å². The van der Waals surface area contributed by atoms with Crippen LogP contribution in [0.1, 0.15) is 21.7 Å². The topological polar surface area (TPSA) is 43.2 Å². The highest BCUT2D eigenvalue weighted by Crippen LogP contribution is 2.23. The van der Waals surface area contributed by atoms with Gasteiger partial charge in [0.15, 0.2) is 5.82 Å². The van der Waals surface area contributed by atoms with Gasteiger partial charge >= 0.3 is 0 Å². The quantitative estimate of drug-likeness (QED) is 0.858. The molecule has 19 heavy (non-hydrogen) atoms. The lowest BCUT2D eigenvalue weighted by molar-refractivity contribution is -0.0382. The Hall–Kier alpha value is -1.24. The number of rotatable bonds is 3. The van der Waals surface area contributed by atoms with Crippen molar-refractivity contribution >= 4 is 11.3 Å². The molecule has 1 aliphatic heterocycles. The minimum absolute atomic E-state index is 0.0299. The fourth-order valence-electron chi connectivity index (χ4n) is 2.38. The normalized spacial score (nSPS) is 20.8. The Morgan fingerprint density at radius 2 is 2.37 bits per heavy atom. The summed E-state index contributed by atoms with van der Waals surface area (Å²) in [6, 6.07) is 4.40. The fourth-order valence-corrected chi connectivity index (χ4v) is 3.31. The van der Waals surface area contributed by atoms with Gasteiger partial charge in [-0.15, -0.1) is 21.5 Å². The van der Waals surface area contributed by atoms with Gasteiger partial charge in [-0.25, -0.2) is 0 Å². The first-order valence-corrected chi connectivity index (χ1v) is 7.27. The van der Waals surface area contributed by atoms with Crippen LogP contribution in [0.25, 0.3) is 0 Å². The number of thiophene rings is 1. The van der Waals surface area contributed by atoms with Gasteiger partial charge in [-0.2, -0.15) is 0 Å². The Labute approximate surface area is 116 Å². The molecule has 0 amide bonds. The first kappa shape index (κ1) is 12.8. The number of nitrogens with zero attached hydrogens (tertiary/aromatic N) is 4. The van der Waals surface area contributed by atoms with Crippen molar-refractivity contribution in [2.24, 2.45) is 7.05 Å². The standard InChI is InChI=1S/C13H18N4OS/c1-10-3-4-11(19-10)7-17-5-6-18-12(8-17)13-15-14-9-16(13)2/h3-4,9,12H,5-8H2,1-2H3. The molecule has 2 aromatic heterocycles. The molecule has 0 N–H and O–H groups in total. The molecule has 0 aliphatic carbocycles. The summed E-state index contributed by atoms with van der Waals surface area (Å²) in [5, 5.41) is 8.07. The van der Waals surface area contributed by atoms with Crippen LogP contribution in [0.5, 0.6) is 0 Å². The number of hydrogen-bond donors (Lipinski definition) is 0. The number of morpholine rings is 1. The van der Waals surface area contributed by atoms with Crippen molar-refractivity contribution in [3.8, 4) is 0 Å². The zero-order valence-electron chi connectivity index (χ0n) is 11.2. The largest absolute Gasteiger partial charge is 0.368 e. The van der Waals surface area contributed by atoms with Crippen LogP contribution in [0, 0.1) is 6.92 Å². The van der Waals surface area contributed by atoms with Crippen LogP contribution in [-0.2, 0) is 18.3 Å². The molecule has 1 saturated heterocycles. The van der Waals surface area contributed by atoms with E-state index in [1.165, 1.54) is 9.75 Å². The average Bonchev–Trinajstić information content (AvgIpc) is 2.99.